The van der Waals surface area contributed by atoms with Crippen LogP contribution in [0.4, 0.5) is 0 Å². The molecule has 0 aliphatic carbocycles. The maximum absolute atomic E-state index is 6.44. The van der Waals surface area contributed by atoms with Gasteiger partial charge in [0, 0.05) is 24.4 Å². The van der Waals surface area contributed by atoms with Crippen LogP contribution in [0.5, 0.6) is 0 Å². The molecule has 2 unspecified atom stereocenters. The number of nitrogens with zero attached hydrogens (tertiary/aromatic N) is 1. The van der Waals surface area contributed by atoms with Gasteiger partial charge in [-0.05, 0) is 36.1 Å². The van der Waals surface area contributed by atoms with Gasteiger partial charge in [-0.1, -0.05) is 37.3 Å². The van der Waals surface area contributed by atoms with Crippen LogP contribution < -0.4 is 5.73 Å². The second-order valence-electron chi connectivity index (χ2n) is 4.68. The molecule has 0 bridgehead atoms. The molecule has 2 nitrogen and oxygen atoms in total. The molecular formula is C16H20N2. The third-order valence-corrected chi connectivity index (χ3v) is 3.54. The molecule has 1 heterocycles. The summed E-state index contributed by atoms with van der Waals surface area (Å²) in [5.74, 6) is 0.342. The molecule has 2 heteroatoms. The Hall–Kier alpha value is -1.67. The van der Waals surface area contributed by atoms with Gasteiger partial charge in [0.2, 0.25) is 0 Å². The Labute approximate surface area is 109 Å². The number of aryl methyl sites for hydroxylation is 1. The molecule has 0 saturated carbocycles. The van der Waals surface area contributed by atoms with Crippen molar-refractivity contribution in [3.05, 3.63) is 65.5 Å². The van der Waals surface area contributed by atoms with Gasteiger partial charge in [-0.3, -0.25) is 4.98 Å². The van der Waals surface area contributed by atoms with Crippen LogP contribution in [0.15, 0.2) is 48.8 Å². The van der Waals surface area contributed by atoms with Crippen LogP contribution in [-0.2, 0) is 0 Å². The molecule has 2 rings (SSSR count). The normalized spacial score (nSPS) is 14.2. The average Bonchev–Trinajstić information content (AvgIpc) is 2.41. The molecule has 18 heavy (non-hydrogen) atoms. The van der Waals surface area contributed by atoms with E-state index >= 15 is 0 Å². The maximum Gasteiger partial charge on any atom is 0.0382 e. The fourth-order valence-electron chi connectivity index (χ4n) is 2.44. The highest BCUT2D eigenvalue weighted by atomic mass is 14.7. The minimum Gasteiger partial charge on any atom is -0.323 e. The van der Waals surface area contributed by atoms with Gasteiger partial charge in [-0.2, -0.15) is 0 Å². The van der Waals surface area contributed by atoms with Gasteiger partial charge < -0.3 is 5.73 Å². The zero-order chi connectivity index (χ0) is 13.0. The smallest absolute Gasteiger partial charge is 0.0382 e. The lowest BCUT2D eigenvalue weighted by atomic mass is 9.85. The van der Waals surface area contributed by atoms with Crippen molar-refractivity contribution in [1.82, 2.24) is 4.98 Å². The largest absolute Gasteiger partial charge is 0.323 e. The molecule has 0 spiro atoms. The lowest BCUT2D eigenvalue weighted by Gasteiger charge is -2.24. The average molecular weight is 240 g/mol. The Bertz CT molecular complexity index is 493. The SMILES string of the molecule is CCC(c1ccccc1)C(N)c1cnccc1C. The summed E-state index contributed by atoms with van der Waals surface area (Å²) in [7, 11) is 0. The standard InChI is InChI=1S/C16H20N2/c1-3-14(13-7-5-4-6-8-13)16(17)15-11-18-10-9-12(15)2/h4-11,14,16H,3,17H2,1-2H3. The molecular weight excluding hydrogens is 220 g/mol. The van der Waals surface area contributed by atoms with Gasteiger partial charge in [0.25, 0.3) is 0 Å². The van der Waals surface area contributed by atoms with Crippen LogP contribution >= 0.6 is 0 Å². The minimum absolute atomic E-state index is 0.00565. The van der Waals surface area contributed by atoms with Crippen molar-refractivity contribution in [2.75, 3.05) is 0 Å². The van der Waals surface area contributed by atoms with Crippen LogP contribution in [0.25, 0.3) is 0 Å². The number of hydrogen-bond donors (Lipinski definition) is 1. The molecule has 94 valence electrons. The van der Waals surface area contributed by atoms with Crippen LogP contribution in [0.1, 0.15) is 42.0 Å². The molecule has 1 aromatic carbocycles. The lowest BCUT2D eigenvalue weighted by molar-refractivity contribution is 0.536. The van der Waals surface area contributed by atoms with E-state index in [0.717, 1.165) is 12.0 Å². The maximum atomic E-state index is 6.44. The summed E-state index contributed by atoms with van der Waals surface area (Å²) >= 11 is 0. The fraction of sp³-hybridized carbons (Fsp3) is 0.312. The number of rotatable bonds is 4. The molecule has 0 saturated heterocycles. The predicted molar refractivity (Wildman–Crippen MR) is 75.4 cm³/mol. The van der Waals surface area contributed by atoms with E-state index in [-0.39, 0.29) is 6.04 Å². The third-order valence-electron chi connectivity index (χ3n) is 3.54. The van der Waals surface area contributed by atoms with Gasteiger partial charge in [0.1, 0.15) is 0 Å². The van der Waals surface area contributed by atoms with Crippen LogP contribution in [0.3, 0.4) is 0 Å². The van der Waals surface area contributed by atoms with Crippen LogP contribution in [0.2, 0.25) is 0 Å². The van der Waals surface area contributed by atoms with Crippen molar-refractivity contribution in [2.24, 2.45) is 5.73 Å². The number of aromatic nitrogens is 1. The summed E-state index contributed by atoms with van der Waals surface area (Å²) in [6, 6.07) is 12.5. The highest BCUT2D eigenvalue weighted by Gasteiger charge is 2.20. The van der Waals surface area contributed by atoms with E-state index in [9.17, 15) is 0 Å². The molecule has 0 aliphatic rings. The lowest BCUT2D eigenvalue weighted by Crippen LogP contribution is -2.20. The Morgan fingerprint density at radius 1 is 1.17 bits per heavy atom. The zero-order valence-electron chi connectivity index (χ0n) is 11.0. The fourth-order valence-corrected chi connectivity index (χ4v) is 2.44. The molecule has 0 aliphatic heterocycles. The number of hydrogen-bond acceptors (Lipinski definition) is 2. The highest BCUT2D eigenvalue weighted by molar-refractivity contribution is 5.30. The topological polar surface area (TPSA) is 38.9 Å². The first kappa shape index (κ1) is 12.8. The first-order chi connectivity index (χ1) is 8.74. The predicted octanol–water partition coefficient (Wildman–Crippen LogP) is 3.58. The molecule has 0 radical (unpaired) electrons. The Morgan fingerprint density at radius 2 is 1.89 bits per heavy atom. The molecule has 2 atom stereocenters. The van der Waals surface area contributed by atoms with Crippen molar-refractivity contribution in [2.45, 2.75) is 32.2 Å². The van der Waals surface area contributed by atoms with Gasteiger partial charge in [-0.15, -0.1) is 0 Å². The van der Waals surface area contributed by atoms with Crippen molar-refractivity contribution in [3.63, 3.8) is 0 Å². The first-order valence-electron chi connectivity index (χ1n) is 6.45. The van der Waals surface area contributed by atoms with Crippen molar-refractivity contribution in [1.29, 1.82) is 0 Å². The summed E-state index contributed by atoms with van der Waals surface area (Å²) in [6.07, 6.45) is 4.74. The van der Waals surface area contributed by atoms with Gasteiger partial charge in [0.05, 0.1) is 0 Å². The van der Waals surface area contributed by atoms with E-state index in [1.54, 1.807) is 0 Å². The quantitative estimate of drug-likeness (QED) is 0.887. The third kappa shape index (κ3) is 2.59. The van der Waals surface area contributed by atoms with E-state index in [4.69, 9.17) is 5.73 Å². The van der Waals surface area contributed by atoms with Crippen molar-refractivity contribution < 1.29 is 0 Å². The van der Waals surface area contributed by atoms with E-state index in [0.29, 0.717) is 5.92 Å². The number of nitrogens with two attached hydrogens (primary N) is 1. The second-order valence-corrected chi connectivity index (χ2v) is 4.68. The molecule has 0 amide bonds. The zero-order valence-corrected chi connectivity index (χ0v) is 11.0. The van der Waals surface area contributed by atoms with Gasteiger partial charge >= 0.3 is 0 Å². The van der Waals surface area contributed by atoms with Crippen LogP contribution in [0, 0.1) is 6.92 Å². The number of pyridine rings is 1. The molecule has 2 aromatic rings. The summed E-state index contributed by atoms with van der Waals surface area (Å²) in [5.41, 5.74) is 10.1. The minimum atomic E-state index is 0.00565. The molecule has 2 N–H and O–H groups in total. The van der Waals surface area contributed by atoms with Crippen molar-refractivity contribution in [3.8, 4) is 0 Å². The molecule has 0 fully saturated rings. The monoisotopic (exact) mass is 240 g/mol. The van der Waals surface area contributed by atoms with Crippen LogP contribution in [-0.4, -0.2) is 4.98 Å². The summed E-state index contributed by atoms with van der Waals surface area (Å²) in [5, 5.41) is 0. The van der Waals surface area contributed by atoms with Gasteiger partial charge in [-0.25, -0.2) is 0 Å². The van der Waals surface area contributed by atoms with Gasteiger partial charge in [0.15, 0.2) is 0 Å². The highest BCUT2D eigenvalue weighted by Crippen LogP contribution is 2.32. The Kier molecular flexibility index (Phi) is 4.11. The molecule has 1 aromatic heterocycles. The summed E-state index contributed by atoms with van der Waals surface area (Å²) < 4.78 is 0. The summed E-state index contributed by atoms with van der Waals surface area (Å²) in [6.45, 7) is 4.28. The summed E-state index contributed by atoms with van der Waals surface area (Å²) in [4.78, 5) is 4.20. The van der Waals surface area contributed by atoms with E-state index in [1.807, 2.05) is 24.5 Å². The van der Waals surface area contributed by atoms with E-state index in [2.05, 4.69) is 43.1 Å². The number of benzene rings is 1. The van der Waals surface area contributed by atoms with Crippen molar-refractivity contribution >= 4 is 0 Å². The first-order valence-corrected chi connectivity index (χ1v) is 6.45. The Morgan fingerprint density at radius 3 is 2.50 bits per heavy atom. The van der Waals surface area contributed by atoms with E-state index < -0.39 is 0 Å². The second kappa shape index (κ2) is 5.78. The van der Waals surface area contributed by atoms with E-state index in [1.165, 1.54) is 11.1 Å². The Balaban J connectivity index is 2.32.